The molecular formula is C9H14F2O2. The van der Waals surface area contributed by atoms with Crippen molar-refractivity contribution in [2.45, 2.75) is 44.4 Å². The van der Waals surface area contributed by atoms with Gasteiger partial charge in [0.05, 0.1) is 0 Å². The van der Waals surface area contributed by atoms with E-state index in [1.165, 1.54) is 0 Å². The Bertz CT molecular complexity index is 186. The van der Waals surface area contributed by atoms with Crippen LogP contribution < -0.4 is 0 Å². The van der Waals surface area contributed by atoms with Gasteiger partial charge in [-0.2, -0.15) is 0 Å². The summed E-state index contributed by atoms with van der Waals surface area (Å²) in [5, 5.41) is 8.30. The standard InChI is InChI=1S/C9H14F2O2/c10-9(11,6-8(12)13)7-4-2-1-3-5-7/h7H,1-6H2,(H,12,13). The van der Waals surface area contributed by atoms with Crippen molar-refractivity contribution < 1.29 is 18.7 Å². The Labute approximate surface area is 75.9 Å². The number of hydrogen-bond acceptors (Lipinski definition) is 1. The molecule has 0 aromatic heterocycles. The van der Waals surface area contributed by atoms with Crippen molar-refractivity contribution in [3.8, 4) is 0 Å². The van der Waals surface area contributed by atoms with E-state index in [0.29, 0.717) is 12.8 Å². The largest absolute Gasteiger partial charge is 0.481 e. The van der Waals surface area contributed by atoms with Gasteiger partial charge in [-0.25, -0.2) is 8.78 Å². The summed E-state index contributed by atoms with van der Waals surface area (Å²) in [7, 11) is 0. The van der Waals surface area contributed by atoms with Gasteiger partial charge in [-0.1, -0.05) is 19.3 Å². The van der Waals surface area contributed by atoms with Crippen LogP contribution in [0.1, 0.15) is 38.5 Å². The highest BCUT2D eigenvalue weighted by atomic mass is 19.3. The number of hydrogen-bond donors (Lipinski definition) is 1. The van der Waals surface area contributed by atoms with Gasteiger partial charge in [-0.15, -0.1) is 0 Å². The van der Waals surface area contributed by atoms with Gasteiger partial charge in [0.1, 0.15) is 6.42 Å². The van der Waals surface area contributed by atoms with Crippen molar-refractivity contribution in [2.75, 3.05) is 0 Å². The molecule has 76 valence electrons. The average molecular weight is 192 g/mol. The Balaban J connectivity index is 2.50. The maximum absolute atomic E-state index is 13.2. The van der Waals surface area contributed by atoms with Gasteiger partial charge in [0.15, 0.2) is 0 Å². The van der Waals surface area contributed by atoms with Crippen molar-refractivity contribution in [1.82, 2.24) is 0 Å². The molecule has 0 amide bonds. The first-order valence-corrected chi connectivity index (χ1v) is 4.62. The van der Waals surface area contributed by atoms with E-state index in [0.717, 1.165) is 19.3 Å². The molecule has 1 rings (SSSR count). The molecule has 0 atom stereocenters. The highest BCUT2D eigenvalue weighted by Gasteiger charge is 2.41. The minimum atomic E-state index is -3.01. The predicted octanol–water partition coefficient (Wildman–Crippen LogP) is 2.68. The summed E-state index contributed by atoms with van der Waals surface area (Å²) in [6, 6.07) is 0. The van der Waals surface area contributed by atoms with Crippen LogP contribution in [0.15, 0.2) is 0 Å². The highest BCUT2D eigenvalue weighted by Crippen LogP contribution is 2.38. The maximum atomic E-state index is 13.2. The fraction of sp³-hybridized carbons (Fsp3) is 0.889. The maximum Gasteiger partial charge on any atom is 0.309 e. The molecule has 2 nitrogen and oxygen atoms in total. The third-order valence-corrected chi connectivity index (χ3v) is 2.59. The van der Waals surface area contributed by atoms with E-state index in [4.69, 9.17) is 5.11 Å². The van der Waals surface area contributed by atoms with Gasteiger partial charge in [0.25, 0.3) is 5.92 Å². The Morgan fingerprint density at radius 2 is 1.85 bits per heavy atom. The highest BCUT2D eigenvalue weighted by molar-refractivity contribution is 5.67. The summed E-state index contributed by atoms with van der Waals surface area (Å²) in [6.45, 7) is 0. The minimum absolute atomic E-state index is 0.472. The lowest BCUT2D eigenvalue weighted by Gasteiger charge is -2.28. The monoisotopic (exact) mass is 192 g/mol. The van der Waals surface area contributed by atoms with E-state index in [1.807, 2.05) is 0 Å². The molecule has 0 unspecified atom stereocenters. The van der Waals surface area contributed by atoms with Crippen LogP contribution in [0.5, 0.6) is 0 Å². The van der Waals surface area contributed by atoms with Crippen LogP contribution in [0.25, 0.3) is 0 Å². The molecule has 0 aromatic carbocycles. The second-order valence-corrected chi connectivity index (χ2v) is 3.67. The number of carboxylic acid groups (broad SMARTS) is 1. The number of aliphatic carboxylic acids is 1. The normalized spacial score (nSPS) is 20.2. The lowest BCUT2D eigenvalue weighted by molar-refractivity contribution is -0.150. The molecule has 1 N–H and O–H groups in total. The first-order chi connectivity index (χ1) is 6.02. The van der Waals surface area contributed by atoms with Gasteiger partial charge >= 0.3 is 5.97 Å². The van der Waals surface area contributed by atoms with Crippen LogP contribution in [0.2, 0.25) is 0 Å². The summed E-state index contributed by atoms with van der Waals surface area (Å²) < 4.78 is 26.4. The van der Waals surface area contributed by atoms with Crippen LogP contribution in [-0.2, 0) is 4.79 Å². The molecule has 13 heavy (non-hydrogen) atoms. The topological polar surface area (TPSA) is 37.3 Å². The van der Waals surface area contributed by atoms with E-state index in [-0.39, 0.29) is 0 Å². The summed E-state index contributed by atoms with van der Waals surface area (Å²) in [6.07, 6.45) is 2.54. The van der Waals surface area contributed by atoms with Gasteiger partial charge < -0.3 is 5.11 Å². The van der Waals surface area contributed by atoms with E-state index in [1.54, 1.807) is 0 Å². The van der Waals surface area contributed by atoms with Crippen molar-refractivity contribution in [1.29, 1.82) is 0 Å². The molecule has 0 aliphatic heterocycles. The fourth-order valence-electron chi connectivity index (χ4n) is 1.87. The molecule has 0 saturated heterocycles. The zero-order valence-corrected chi connectivity index (χ0v) is 7.43. The molecule has 0 aromatic rings. The quantitative estimate of drug-likeness (QED) is 0.746. The zero-order valence-electron chi connectivity index (χ0n) is 7.43. The van der Waals surface area contributed by atoms with Crippen LogP contribution >= 0.6 is 0 Å². The second kappa shape index (κ2) is 4.03. The average Bonchev–Trinajstić information content (AvgIpc) is 2.04. The summed E-state index contributed by atoms with van der Waals surface area (Å²) in [5.74, 6) is -5.13. The van der Waals surface area contributed by atoms with Crippen LogP contribution in [0, 0.1) is 5.92 Å². The molecule has 0 heterocycles. The van der Waals surface area contributed by atoms with Crippen LogP contribution in [0.3, 0.4) is 0 Å². The molecule has 1 aliphatic carbocycles. The van der Waals surface area contributed by atoms with Gasteiger partial charge in [0, 0.05) is 5.92 Å². The zero-order chi connectivity index (χ0) is 9.90. The Morgan fingerprint density at radius 1 is 1.31 bits per heavy atom. The second-order valence-electron chi connectivity index (χ2n) is 3.67. The predicted molar refractivity (Wildman–Crippen MR) is 43.8 cm³/mol. The molecule has 0 bridgehead atoms. The molecule has 1 saturated carbocycles. The molecular weight excluding hydrogens is 178 g/mol. The third kappa shape index (κ3) is 2.94. The molecule has 0 radical (unpaired) electrons. The number of carbonyl (C=O) groups is 1. The van der Waals surface area contributed by atoms with Gasteiger partial charge in [-0.05, 0) is 12.8 Å². The Morgan fingerprint density at radius 3 is 2.31 bits per heavy atom. The van der Waals surface area contributed by atoms with Crippen molar-refractivity contribution in [2.24, 2.45) is 5.92 Å². The lowest BCUT2D eigenvalue weighted by Crippen LogP contribution is -2.32. The van der Waals surface area contributed by atoms with Crippen molar-refractivity contribution in [3.05, 3.63) is 0 Å². The molecule has 4 heteroatoms. The summed E-state index contributed by atoms with van der Waals surface area (Å²) in [5.41, 5.74) is 0. The van der Waals surface area contributed by atoms with Gasteiger partial charge in [-0.3, -0.25) is 4.79 Å². The van der Waals surface area contributed by atoms with E-state index in [9.17, 15) is 13.6 Å². The fourth-order valence-corrected chi connectivity index (χ4v) is 1.87. The summed E-state index contributed by atoms with van der Waals surface area (Å²) in [4.78, 5) is 10.2. The molecule has 1 aliphatic rings. The third-order valence-electron chi connectivity index (χ3n) is 2.59. The smallest absolute Gasteiger partial charge is 0.309 e. The van der Waals surface area contributed by atoms with Crippen molar-refractivity contribution >= 4 is 5.97 Å². The Hall–Kier alpha value is -0.670. The van der Waals surface area contributed by atoms with E-state index in [2.05, 4.69) is 0 Å². The summed E-state index contributed by atoms with van der Waals surface area (Å²) >= 11 is 0. The van der Waals surface area contributed by atoms with Crippen LogP contribution in [0.4, 0.5) is 8.78 Å². The molecule has 0 spiro atoms. The Kier molecular flexibility index (Phi) is 3.22. The van der Waals surface area contributed by atoms with E-state index < -0.39 is 24.2 Å². The minimum Gasteiger partial charge on any atom is -0.481 e. The van der Waals surface area contributed by atoms with Crippen molar-refractivity contribution in [3.63, 3.8) is 0 Å². The first kappa shape index (κ1) is 10.4. The number of halogens is 2. The number of rotatable bonds is 3. The number of carboxylic acids is 1. The van der Waals surface area contributed by atoms with Crippen LogP contribution in [-0.4, -0.2) is 17.0 Å². The van der Waals surface area contributed by atoms with Gasteiger partial charge in [0.2, 0.25) is 0 Å². The van der Waals surface area contributed by atoms with E-state index >= 15 is 0 Å². The number of alkyl halides is 2. The lowest BCUT2D eigenvalue weighted by atomic mass is 9.83. The SMILES string of the molecule is O=C(O)CC(F)(F)C1CCCCC1. The first-order valence-electron chi connectivity index (χ1n) is 4.62. The molecule has 1 fully saturated rings.